The van der Waals surface area contributed by atoms with Crippen molar-refractivity contribution < 1.29 is 47.0 Å². The maximum Gasteiger partial charge on any atom is 0.191 e. The third-order valence-electron chi connectivity index (χ3n) is 9.22. The van der Waals surface area contributed by atoms with E-state index in [1.807, 2.05) is 125 Å². The number of aliphatic hydroxyl groups excluding tert-OH is 1. The van der Waals surface area contributed by atoms with E-state index in [1.165, 1.54) is 23.8 Å². The van der Waals surface area contributed by atoms with E-state index in [1.54, 1.807) is 0 Å². The minimum atomic E-state index is -1.59. The molecule has 2 aliphatic heterocycles. The lowest BCUT2D eigenvalue weighted by molar-refractivity contribution is -0.147. The first-order valence-electron chi connectivity index (χ1n) is 18.0. The van der Waals surface area contributed by atoms with Crippen LogP contribution in [0.2, 0.25) is 0 Å². The second kappa shape index (κ2) is 20.2. The van der Waals surface area contributed by atoms with Crippen LogP contribution in [0, 0.1) is 27.7 Å². The van der Waals surface area contributed by atoms with Crippen molar-refractivity contribution >= 4 is 0 Å². The van der Waals surface area contributed by atoms with Crippen LogP contribution in [0.25, 0.3) is 0 Å². The Balaban J connectivity index is 0.000000204. The number of hydrogen-bond donors (Lipinski definition) is 1. The van der Waals surface area contributed by atoms with E-state index < -0.39 is 49.3 Å². The predicted octanol–water partition coefficient (Wildman–Crippen LogP) is 7.58. The molecule has 8 atom stereocenters. The Bertz CT molecular complexity index is 1640. The molecule has 0 saturated carbocycles. The fourth-order valence-corrected chi connectivity index (χ4v) is 5.94. The Hall–Kier alpha value is -3.58. The van der Waals surface area contributed by atoms with E-state index in [4.69, 9.17) is 33.2 Å². The first-order chi connectivity index (χ1) is 25.6. The minimum absolute atomic E-state index is 0.157. The lowest BCUT2D eigenvalue weighted by atomic mass is 10.1. The van der Waals surface area contributed by atoms with E-state index >= 15 is 0 Å². The van der Waals surface area contributed by atoms with Crippen LogP contribution in [-0.2, 0) is 59.6 Å². The Kier molecular flexibility index (Phi) is 15.5. The monoisotopic (exact) mass is 734 g/mol. The van der Waals surface area contributed by atoms with E-state index in [-0.39, 0.29) is 19.8 Å². The van der Waals surface area contributed by atoms with Crippen molar-refractivity contribution in [3.63, 3.8) is 0 Å². The summed E-state index contributed by atoms with van der Waals surface area (Å²) in [5, 5.41) is 9.69. The van der Waals surface area contributed by atoms with Crippen molar-refractivity contribution in [2.24, 2.45) is 0 Å². The van der Waals surface area contributed by atoms with Gasteiger partial charge >= 0.3 is 0 Å². The summed E-state index contributed by atoms with van der Waals surface area (Å²) in [6, 6.07) is 32.0. The topological polar surface area (TPSA) is 84.8 Å². The fourth-order valence-electron chi connectivity index (χ4n) is 5.94. The molecule has 6 rings (SSSR count). The number of methoxy groups -OCH3 is 1. The largest absolute Gasteiger partial charge is 0.374 e. The van der Waals surface area contributed by atoms with Gasteiger partial charge in [-0.05, 0) is 49.9 Å². The number of benzene rings is 4. The van der Waals surface area contributed by atoms with Gasteiger partial charge in [-0.1, -0.05) is 119 Å². The summed E-state index contributed by atoms with van der Waals surface area (Å²) >= 11 is 0. The number of ether oxygens (including phenoxy) is 7. The Morgan fingerprint density at radius 1 is 0.509 bits per heavy atom. The molecule has 0 aromatic heterocycles. The van der Waals surface area contributed by atoms with Gasteiger partial charge in [0, 0.05) is 7.11 Å². The molecule has 286 valence electrons. The van der Waals surface area contributed by atoms with Gasteiger partial charge in [0.15, 0.2) is 24.9 Å². The van der Waals surface area contributed by atoms with Crippen LogP contribution in [0.5, 0.6) is 0 Å². The predicted molar refractivity (Wildman–Crippen MR) is 198 cm³/mol. The van der Waals surface area contributed by atoms with Crippen molar-refractivity contribution in [2.45, 2.75) is 103 Å². The summed E-state index contributed by atoms with van der Waals surface area (Å²) in [5.74, 6) is 0. The van der Waals surface area contributed by atoms with Crippen LogP contribution >= 0.6 is 0 Å². The van der Waals surface area contributed by atoms with Gasteiger partial charge in [0.1, 0.15) is 24.4 Å². The van der Waals surface area contributed by atoms with Gasteiger partial charge in [-0.15, -0.1) is 0 Å². The number of hydrogen-bond acceptors (Lipinski definition) is 8. The highest BCUT2D eigenvalue weighted by molar-refractivity contribution is 5.23. The normalized spacial score (nSPS) is 25.3. The van der Waals surface area contributed by atoms with Crippen molar-refractivity contribution in [2.75, 3.05) is 20.3 Å². The van der Waals surface area contributed by atoms with Crippen LogP contribution in [0.15, 0.2) is 97.1 Å². The third-order valence-corrected chi connectivity index (χ3v) is 9.22. The zero-order valence-electron chi connectivity index (χ0n) is 31.2. The number of aliphatic hydroxyl groups is 1. The molecule has 1 N–H and O–H groups in total. The molecule has 2 aliphatic rings. The molecule has 2 unspecified atom stereocenters. The van der Waals surface area contributed by atoms with E-state index in [9.17, 15) is 13.9 Å². The lowest BCUT2D eigenvalue weighted by Gasteiger charge is -2.20. The van der Waals surface area contributed by atoms with Gasteiger partial charge in [-0.3, -0.25) is 0 Å². The highest BCUT2D eigenvalue weighted by Crippen LogP contribution is 2.29. The summed E-state index contributed by atoms with van der Waals surface area (Å²) in [6.07, 6.45) is -8.09. The molecule has 0 spiro atoms. The number of alkyl halides is 2. The fraction of sp³-hybridized carbons (Fsp3) is 0.442. The first kappa shape index (κ1) is 40.6. The molecule has 0 radical (unpaired) electrons. The molecule has 0 amide bonds. The molecule has 10 heteroatoms. The average Bonchev–Trinajstić information content (AvgIpc) is 3.61. The van der Waals surface area contributed by atoms with Crippen LogP contribution in [-0.4, -0.2) is 74.8 Å². The van der Waals surface area contributed by atoms with Crippen LogP contribution < -0.4 is 0 Å². The summed E-state index contributed by atoms with van der Waals surface area (Å²) in [5.41, 5.74) is 8.74. The van der Waals surface area contributed by atoms with Crippen LogP contribution in [0.3, 0.4) is 0 Å². The molecular formula is C43H52F2O8. The average molecular weight is 735 g/mol. The summed E-state index contributed by atoms with van der Waals surface area (Å²) < 4.78 is 67.9. The number of rotatable bonds is 15. The van der Waals surface area contributed by atoms with Gasteiger partial charge in [0.2, 0.25) is 0 Å². The van der Waals surface area contributed by atoms with Crippen molar-refractivity contribution in [1.29, 1.82) is 0 Å². The molecule has 4 aromatic rings. The summed E-state index contributed by atoms with van der Waals surface area (Å²) in [7, 11) is 1.43. The molecule has 4 aromatic carbocycles. The van der Waals surface area contributed by atoms with Crippen molar-refractivity contribution in [3.05, 3.63) is 142 Å². The van der Waals surface area contributed by atoms with Gasteiger partial charge in [0.05, 0.1) is 39.6 Å². The van der Waals surface area contributed by atoms with Crippen molar-refractivity contribution in [1.82, 2.24) is 0 Å². The molecule has 0 aliphatic carbocycles. The van der Waals surface area contributed by atoms with Crippen LogP contribution in [0.4, 0.5) is 8.78 Å². The molecule has 2 saturated heterocycles. The molecule has 8 nitrogen and oxygen atoms in total. The zero-order chi connectivity index (χ0) is 37.7. The zero-order valence-corrected chi connectivity index (χ0v) is 31.2. The van der Waals surface area contributed by atoms with Crippen molar-refractivity contribution in [3.8, 4) is 0 Å². The highest BCUT2D eigenvalue weighted by Gasteiger charge is 2.47. The first-order valence-corrected chi connectivity index (χ1v) is 18.0. The maximum absolute atomic E-state index is 14.6. The molecule has 53 heavy (non-hydrogen) atoms. The number of aryl methyl sites for hydroxylation is 4. The molecule has 0 bridgehead atoms. The lowest BCUT2D eigenvalue weighted by Crippen LogP contribution is -2.35. The maximum atomic E-state index is 14.6. The highest BCUT2D eigenvalue weighted by atomic mass is 19.1. The van der Waals surface area contributed by atoms with Crippen LogP contribution in [0.1, 0.15) is 44.5 Å². The standard InChI is InChI=1S/C22H27FO4.C21H25FO4/c1-15-4-8-17(9-5-15)12-25-14-19-21(20(23)22(24-3)27-19)26-13-18-10-6-16(2)7-11-18;1-14-3-7-16(8-4-14)11-24-13-18-20(19(22)21(23)26-18)25-12-17-9-5-15(2)6-10-17/h4-11,19-22H,12-14H2,1-3H3;3-10,18-21,23H,11-13H2,1-2H3/t19-,20+,21-,22?;18-,19+,20-,21?/m11/s1. The number of halogens is 2. The quantitative estimate of drug-likeness (QED) is 0.134. The second-order valence-electron chi connectivity index (χ2n) is 13.8. The van der Waals surface area contributed by atoms with E-state index in [0.29, 0.717) is 19.8 Å². The van der Waals surface area contributed by atoms with Gasteiger partial charge < -0.3 is 38.3 Å². The second-order valence-corrected chi connectivity index (χ2v) is 13.8. The summed E-state index contributed by atoms with van der Waals surface area (Å²) in [6.45, 7) is 9.92. The van der Waals surface area contributed by atoms with Gasteiger partial charge in [-0.25, -0.2) is 8.78 Å². The SMILES string of the molecule is COC1O[C@H](COCc2ccc(C)cc2)[C@@H](OCc2ccc(C)cc2)[C@@H]1F.Cc1ccc(COC[C@H]2OC(O)[C@@H](F)[C@@H]2OCc2ccc(C)cc2)cc1. The Labute approximate surface area is 311 Å². The minimum Gasteiger partial charge on any atom is -0.374 e. The van der Waals surface area contributed by atoms with E-state index in [0.717, 1.165) is 27.8 Å². The Morgan fingerprint density at radius 3 is 1.23 bits per heavy atom. The summed E-state index contributed by atoms with van der Waals surface area (Å²) in [4.78, 5) is 0. The van der Waals surface area contributed by atoms with E-state index in [2.05, 4.69) is 0 Å². The third kappa shape index (κ3) is 12.2. The van der Waals surface area contributed by atoms with Gasteiger partial charge in [-0.2, -0.15) is 0 Å². The Morgan fingerprint density at radius 2 is 0.849 bits per heavy atom. The molecule has 2 fully saturated rings. The van der Waals surface area contributed by atoms with Gasteiger partial charge in [0.25, 0.3) is 0 Å². The molecular weight excluding hydrogens is 682 g/mol. The smallest absolute Gasteiger partial charge is 0.191 e. The molecule has 2 heterocycles.